The molecule has 1 fully saturated rings. The van der Waals surface area contributed by atoms with Gasteiger partial charge in [-0.25, -0.2) is 8.42 Å². The van der Waals surface area contributed by atoms with Crippen LogP contribution in [0.5, 0.6) is 11.5 Å². The van der Waals surface area contributed by atoms with Gasteiger partial charge in [-0.2, -0.15) is 4.31 Å². The minimum absolute atomic E-state index is 0.248. The molecule has 1 amide bonds. The third-order valence-corrected chi connectivity index (χ3v) is 7.11. The van der Waals surface area contributed by atoms with Crippen molar-refractivity contribution < 1.29 is 22.7 Å². The number of ether oxygens (including phenoxy) is 2. The average Bonchev–Trinajstić information content (AvgIpc) is 2.79. The van der Waals surface area contributed by atoms with E-state index in [4.69, 9.17) is 21.1 Å². The van der Waals surface area contributed by atoms with Crippen LogP contribution < -0.4 is 14.8 Å². The van der Waals surface area contributed by atoms with Crippen LogP contribution in [0, 0.1) is 0 Å². The normalized spacial score (nSPS) is 15.8. The molecule has 0 aromatic heterocycles. The van der Waals surface area contributed by atoms with E-state index in [1.54, 1.807) is 55.5 Å². The molecule has 0 bridgehead atoms. The van der Waals surface area contributed by atoms with Crippen molar-refractivity contribution in [1.82, 2.24) is 9.62 Å². The summed E-state index contributed by atoms with van der Waals surface area (Å²) in [5, 5.41) is 3.34. The van der Waals surface area contributed by atoms with Gasteiger partial charge in [0.15, 0.2) is 6.10 Å². The van der Waals surface area contributed by atoms with Crippen LogP contribution in [-0.2, 0) is 14.8 Å². The van der Waals surface area contributed by atoms with Crippen LogP contribution >= 0.6 is 11.6 Å². The fourth-order valence-corrected chi connectivity index (χ4v) is 4.86. The molecule has 2 aromatic rings. The van der Waals surface area contributed by atoms with E-state index >= 15 is 0 Å². The number of carbonyl (C=O) groups is 1. The van der Waals surface area contributed by atoms with Gasteiger partial charge in [0.05, 0.1) is 11.4 Å². The number of amides is 1. The van der Waals surface area contributed by atoms with E-state index in [-0.39, 0.29) is 17.4 Å². The molecule has 1 N–H and O–H groups in total. The number of nitrogens with one attached hydrogen (secondary N) is 1. The first-order chi connectivity index (χ1) is 14.9. The van der Waals surface area contributed by atoms with E-state index in [1.807, 2.05) is 0 Å². The molecule has 1 aliphatic heterocycles. The lowest BCUT2D eigenvalue weighted by Gasteiger charge is -2.25. The second kappa shape index (κ2) is 10.8. The van der Waals surface area contributed by atoms with Crippen LogP contribution in [0.25, 0.3) is 0 Å². The average molecular weight is 467 g/mol. The van der Waals surface area contributed by atoms with Gasteiger partial charge in [0.25, 0.3) is 5.91 Å². The number of carbonyl (C=O) groups excluding carboxylic acids is 1. The molecular formula is C22H27ClN2O5S. The van der Waals surface area contributed by atoms with Gasteiger partial charge in [0.2, 0.25) is 10.0 Å². The van der Waals surface area contributed by atoms with Gasteiger partial charge in [0, 0.05) is 18.1 Å². The van der Waals surface area contributed by atoms with E-state index in [0.29, 0.717) is 36.2 Å². The molecule has 1 heterocycles. The molecular weight excluding hydrogens is 440 g/mol. The number of rotatable bonds is 9. The van der Waals surface area contributed by atoms with Crippen molar-refractivity contribution in [1.29, 1.82) is 0 Å². The predicted molar refractivity (Wildman–Crippen MR) is 119 cm³/mol. The van der Waals surface area contributed by atoms with E-state index in [9.17, 15) is 13.2 Å². The standard InChI is InChI=1S/C22H27ClN2O5S/c1-17(30-20-7-5-18(23)6-8-20)22(26)24-13-16-29-19-9-11-21(12-10-19)31(27,28)25-14-3-2-4-15-25/h5-12,17H,2-4,13-16H2,1H3,(H,24,26)/t17-/m0/s1. The second-order valence-electron chi connectivity index (χ2n) is 7.29. The zero-order valence-electron chi connectivity index (χ0n) is 17.4. The molecule has 1 atom stereocenters. The number of benzene rings is 2. The van der Waals surface area contributed by atoms with Crippen molar-refractivity contribution in [2.24, 2.45) is 0 Å². The van der Waals surface area contributed by atoms with Crippen LogP contribution in [0.2, 0.25) is 5.02 Å². The quantitative estimate of drug-likeness (QED) is 0.572. The third-order valence-electron chi connectivity index (χ3n) is 4.94. The fourth-order valence-electron chi connectivity index (χ4n) is 3.22. The first-order valence-corrected chi connectivity index (χ1v) is 12.1. The lowest BCUT2D eigenvalue weighted by molar-refractivity contribution is -0.127. The van der Waals surface area contributed by atoms with E-state index in [0.717, 1.165) is 19.3 Å². The Kier molecular flexibility index (Phi) is 8.17. The molecule has 2 aromatic carbocycles. The van der Waals surface area contributed by atoms with Crippen LogP contribution in [0.1, 0.15) is 26.2 Å². The zero-order valence-corrected chi connectivity index (χ0v) is 19.0. The van der Waals surface area contributed by atoms with Gasteiger partial charge in [-0.05, 0) is 68.3 Å². The molecule has 1 aliphatic rings. The summed E-state index contributed by atoms with van der Waals surface area (Å²) < 4.78 is 38.0. The number of piperidine rings is 1. The molecule has 0 saturated carbocycles. The second-order valence-corrected chi connectivity index (χ2v) is 9.66. The molecule has 3 rings (SSSR count). The highest BCUT2D eigenvalue weighted by Crippen LogP contribution is 2.22. The maximum absolute atomic E-state index is 12.7. The highest BCUT2D eigenvalue weighted by Gasteiger charge is 2.25. The molecule has 0 unspecified atom stereocenters. The summed E-state index contributed by atoms with van der Waals surface area (Å²) in [6.45, 7) is 3.34. The minimum Gasteiger partial charge on any atom is -0.492 e. The molecule has 0 radical (unpaired) electrons. The molecule has 9 heteroatoms. The van der Waals surface area contributed by atoms with Gasteiger partial charge in [-0.15, -0.1) is 0 Å². The monoisotopic (exact) mass is 466 g/mol. The lowest BCUT2D eigenvalue weighted by atomic mass is 10.2. The van der Waals surface area contributed by atoms with Crippen LogP contribution in [-0.4, -0.2) is 51.0 Å². The fraction of sp³-hybridized carbons (Fsp3) is 0.409. The molecule has 0 spiro atoms. The van der Waals surface area contributed by atoms with E-state index in [1.165, 1.54) is 4.31 Å². The molecule has 0 aliphatic carbocycles. The summed E-state index contributed by atoms with van der Waals surface area (Å²) in [6, 6.07) is 13.2. The number of nitrogens with zero attached hydrogens (tertiary/aromatic N) is 1. The number of hydrogen-bond acceptors (Lipinski definition) is 5. The van der Waals surface area contributed by atoms with Crippen molar-refractivity contribution in [3.05, 3.63) is 53.6 Å². The number of halogens is 1. The summed E-state index contributed by atoms with van der Waals surface area (Å²) in [6.07, 6.45) is 2.20. The Morgan fingerprint density at radius 1 is 1.03 bits per heavy atom. The molecule has 168 valence electrons. The molecule has 7 nitrogen and oxygen atoms in total. The van der Waals surface area contributed by atoms with Gasteiger partial charge >= 0.3 is 0 Å². The zero-order chi connectivity index (χ0) is 22.3. The van der Waals surface area contributed by atoms with Crippen molar-refractivity contribution >= 4 is 27.5 Å². The van der Waals surface area contributed by atoms with Crippen LogP contribution in [0.15, 0.2) is 53.4 Å². The van der Waals surface area contributed by atoms with Gasteiger partial charge < -0.3 is 14.8 Å². The summed E-state index contributed by atoms with van der Waals surface area (Å²) in [5.41, 5.74) is 0. The van der Waals surface area contributed by atoms with Crippen molar-refractivity contribution in [3.8, 4) is 11.5 Å². The maximum atomic E-state index is 12.7. The summed E-state index contributed by atoms with van der Waals surface area (Å²) in [7, 11) is -3.45. The van der Waals surface area contributed by atoms with E-state index in [2.05, 4.69) is 5.32 Å². The largest absolute Gasteiger partial charge is 0.492 e. The van der Waals surface area contributed by atoms with E-state index < -0.39 is 16.1 Å². The molecule has 31 heavy (non-hydrogen) atoms. The highest BCUT2D eigenvalue weighted by molar-refractivity contribution is 7.89. The highest BCUT2D eigenvalue weighted by atomic mass is 35.5. The first-order valence-electron chi connectivity index (χ1n) is 10.3. The Morgan fingerprint density at radius 3 is 2.29 bits per heavy atom. The van der Waals surface area contributed by atoms with Crippen LogP contribution in [0.3, 0.4) is 0 Å². The smallest absolute Gasteiger partial charge is 0.260 e. The Bertz CT molecular complexity index is 958. The van der Waals surface area contributed by atoms with Crippen molar-refractivity contribution in [3.63, 3.8) is 0 Å². The van der Waals surface area contributed by atoms with Crippen LogP contribution in [0.4, 0.5) is 0 Å². The Balaban J connectivity index is 1.42. The Labute approximate surface area is 188 Å². The van der Waals surface area contributed by atoms with Gasteiger partial charge in [0.1, 0.15) is 18.1 Å². The van der Waals surface area contributed by atoms with Gasteiger partial charge in [-0.3, -0.25) is 4.79 Å². The first kappa shape index (κ1) is 23.4. The molecule has 1 saturated heterocycles. The number of sulfonamides is 1. The Hall–Kier alpha value is -2.29. The Morgan fingerprint density at radius 2 is 1.65 bits per heavy atom. The van der Waals surface area contributed by atoms with Crippen molar-refractivity contribution in [2.75, 3.05) is 26.2 Å². The summed E-state index contributed by atoms with van der Waals surface area (Å²) in [4.78, 5) is 12.4. The number of hydrogen-bond donors (Lipinski definition) is 1. The predicted octanol–water partition coefficient (Wildman–Crippen LogP) is 3.48. The SMILES string of the molecule is C[C@H](Oc1ccc(Cl)cc1)C(=O)NCCOc1ccc(S(=O)(=O)N2CCCCC2)cc1. The minimum atomic E-state index is -3.45. The maximum Gasteiger partial charge on any atom is 0.260 e. The van der Waals surface area contributed by atoms with Crippen molar-refractivity contribution in [2.45, 2.75) is 37.2 Å². The lowest BCUT2D eigenvalue weighted by Crippen LogP contribution is -2.38. The third kappa shape index (κ3) is 6.59. The van der Waals surface area contributed by atoms with Gasteiger partial charge in [-0.1, -0.05) is 18.0 Å². The summed E-state index contributed by atoms with van der Waals surface area (Å²) in [5.74, 6) is 0.835. The topological polar surface area (TPSA) is 84.9 Å². The summed E-state index contributed by atoms with van der Waals surface area (Å²) >= 11 is 5.83.